The second-order valence-corrected chi connectivity index (χ2v) is 28.0. The first-order chi connectivity index (χ1) is 41.2. The number of aliphatic hydroxyl groups is 10. The predicted molar refractivity (Wildman–Crippen MR) is 299 cm³/mol. The topological polar surface area (TPSA) is 449 Å². The van der Waals surface area contributed by atoms with E-state index in [1.807, 2.05) is 6.92 Å². The molecule has 498 valence electrons. The third-order valence-electron chi connectivity index (χ3n) is 22.6. The summed E-state index contributed by atoms with van der Waals surface area (Å²) in [6.45, 7) is 15.8. The van der Waals surface area contributed by atoms with Crippen molar-refractivity contribution in [1.29, 1.82) is 0 Å². The standard InChI is InChI=1S/C54H84O23.C6H9N3O2/c1-22(23(2)71-24(3)57)45(68)70-21-54-26-16-49(4,5)43(42(54)65)73-32(54)17-53(9)25(26)10-11-30-50(6)14-13-31(51(7,20-56)29(50)12-15-52(30,53)8)74-48-40(76-46-36(62)33(59)27(58)19-69-46)38(64)39(41(77-48)44(66)67)75-47-37(63)35(61)34(60)28(18-55)72-47;7-5(6(10)11)1-4-2-8-3-9-4/h10,22-23,26-43,46-48,55-56,58-65H,11-21H2,1-9H3,(H,66,67);2-3,5H,1,7H2,(H,8,9)(H,10,11)/t22?,23?,26?,27-,28-,29?,30?,31?,32-,33+,34-,35+,36-,37-,38+,39+,40-,41+,42?,43-,46+,47-,48-,50?,51-,52?,53-,54?;5-/m10/s1. The SMILES string of the molecule is CC(=O)OC(C)C(C)C(=O)OCC12C3CC(C)(C)[C@H](O[C@@H]1C[C@]1(C)C3=CCC3C4(C)CCC(O[C@@H]5O[C@H](C(=O)O)[C@@H](O[C@H]6O[C@H](CO)[C@@H](O)[C@H](O)[C@H]6O)[C@H](O)[C@H]5O[C@@H]5OC[C@@H](O)[C@H](O)[C@H]5O)[C@](C)(CO)C4CCC31C)C2O.N[C@@H](Cc1cnc[nH]1)C(=O)O. The van der Waals surface area contributed by atoms with Crippen LogP contribution in [0.25, 0.3) is 0 Å². The number of carboxylic acids is 2. The number of carbonyl (C=O) groups excluding carboxylic acids is 2. The zero-order valence-electron chi connectivity index (χ0n) is 51.3. The van der Waals surface area contributed by atoms with E-state index < -0.39 is 193 Å². The van der Waals surface area contributed by atoms with Crippen LogP contribution in [0.4, 0.5) is 0 Å². The summed E-state index contributed by atoms with van der Waals surface area (Å²) < 4.78 is 54.3. The van der Waals surface area contributed by atoms with Crippen LogP contribution >= 0.6 is 0 Å². The molecule has 0 aromatic carbocycles. The molecular weight excluding hydrogens is 1160 g/mol. The van der Waals surface area contributed by atoms with Crippen molar-refractivity contribution >= 4 is 23.9 Å². The average molecular weight is 1260 g/mol. The van der Waals surface area contributed by atoms with E-state index in [1.165, 1.54) is 18.8 Å². The average Bonchev–Trinajstić information content (AvgIpc) is 1.24. The van der Waals surface area contributed by atoms with E-state index >= 15 is 0 Å². The molecule has 9 aliphatic rings. The van der Waals surface area contributed by atoms with E-state index in [2.05, 4.69) is 50.7 Å². The van der Waals surface area contributed by atoms with Crippen molar-refractivity contribution in [2.75, 3.05) is 26.4 Å². The Morgan fingerprint density at radius 1 is 0.795 bits per heavy atom. The molecule has 4 aliphatic heterocycles. The lowest BCUT2D eigenvalue weighted by molar-refractivity contribution is -0.387. The minimum atomic E-state index is -2.09. The number of esters is 2. The van der Waals surface area contributed by atoms with Crippen LogP contribution in [-0.4, -0.2) is 244 Å². The maximum absolute atomic E-state index is 13.6. The molecule has 5 heterocycles. The summed E-state index contributed by atoms with van der Waals surface area (Å²) in [5.41, 5.74) is 3.60. The van der Waals surface area contributed by atoms with Crippen LogP contribution in [0.1, 0.15) is 113 Å². The number of aliphatic carboxylic acids is 2. The fourth-order valence-corrected chi connectivity index (χ4v) is 17.2. The summed E-state index contributed by atoms with van der Waals surface area (Å²) >= 11 is 0. The van der Waals surface area contributed by atoms with Crippen LogP contribution in [0.15, 0.2) is 24.2 Å². The number of nitrogens with two attached hydrogens (primary N) is 1. The number of allylic oxidation sites excluding steroid dienone is 2. The predicted octanol–water partition coefficient (Wildman–Crippen LogP) is -1.22. The third-order valence-corrected chi connectivity index (χ3v) is 22.6. The van der Waals surface area contributed by atoms with Gasteiger partial charge in [0.25, 0.3) is 0 Å². The number of carboxylic acid groups (broad SMARTS) is 2. The lowest BCUT2D eigenvalue weighted by atomic mass is 9.33. The first-order valence-corrected chi connectivity index (χ1v) is 30.6. The van der Waals surface area contributed by atoms with Gasteiger partial charge < -0.3 is 115 Å². The monoisotopic (exact) mass is 1260 g/mol. The van der Waals surface area contributed by atoms with E-state index in [1.54, 1.807) is 20.0 Å². The molecule has 10 unspecified atom stereocenters. The van der Waals surface area contributed by atoms with Crippen LogP contribution in [0, 0.1) is 56.2 Å². The minimum absolute atomic E-state index is 0.0482. The summed E-state index contributed by atoms with van der Waals surface area (Å²) in [5.74, 6) is -4.82. The van der Waals surface area contributed by atoms with Crippen molar-refractivity contribution < 1.29 is 123 Å². The molecule has 0 spiro atoms. The number of carbonyl (C=O) groups is 4. The quantitative estimate of drug-likeness (QED) is 0.0494. The van der Waals surface area contributed by atoms with Gasteiger partial charge in [-0.2, -0.15) is 0 Å². The number of aromatic amines is 1. The molecule has 88 heavy (non-hydrogen) atoms. The molecule has 29 atom stereocenters. The molecule has 15 N–H and O–H groups in total. The number of hydrogen-bond donors (Lipinski definition) is 14. The van der Waals surface area contributed by atoms with Crippen molar-refractivity contribution in [2.24, 2.45) is 61.9 Å². The van der Waals surface area contributed by atoms with Gasteiger partial charge in [0.05, 0.1) is 61.9 Å². The zero-order chi connectivity index (χ0) is 64.7. The largest absolute Gasteiger partial charge is 0.480 e. The van der Waals surface area contributed by atoms with Crippen LogP contribution in [0.3, 0.4) is 0 Å². The number of aromatic nitrogens is 2. The molecule has 28 heteroatoms. The number of aliphatic hydroxyl groups excluding tert-OH is 10. The molecular formula is C60H93N3O25. The summed E-state index contributed by atoms with van der Waals surface area (Å²) in [6, 6.07) is -0.851. The van der Waals surface area contributed by atoms with Crippen LogP contribution in [-0.2, 0) is 68.2 Å². The Morgan fingerprint density at radius 2 is 1.48 bits per heavy atom. The molecule has 28 nitrogen and oxygen atoms in total. The number of hydrogen-bond acceptors (Lipinski definition) is 25. The van der Waals surface area contributed by atoms with Gasteiger partial charge in [0.2, 0.25) is 0 Å². The molecule has 5 aliphatic carbocycles. The van der Waals surface area contributed by atoms with Gasteiger partial charge in [-0.3, -0.25) is 14.4 Å². The van der Waals surface area contributed by atoms with Crippen molar-refractivity contribution in [3.8, 4) is 0 Å². The highest BCUT2D eigenvalue weighted by Gasteiger charge is 2.76. The molecule has 0 amide bonds. The van der Waals surface area contributed by atoms with Gasteiger partial charge in [0, 0.05) is 30.7 Å². The van der Waals surface area contributed by atoms with Gasteiger partial charge >= 0.3 is 23.9 Å². The molecule has 1 aromatic heterocycles. The Labute approximate surface area is 509 Å². The number of imidazole rings is 1. The lowest BCUT2D eigenvalue weighted by Crippen LogP contribution is -2.69. The van der Waals surface area contributed by atoms with Gasteiger partial charge in [-0.15, -0.1) is 0 Å². The van der Waals surface area contributed by atoms with Gasteiger partial charge in [0.1, 0.15) is 79.8 Å². The number of nitrogens with zero attached hydrogens (tertiary/aromatic N) is 1. The number of rotatable bonds is 17. The summed E-state index contributed by atoms with van der Waals surface area (Å²) in [7, 11) is 0. The lowest BCUT2D eigenvalue weighted by Gasteiger charge is -2.71. The van der Waals surface area contributed by atoms with Gasteiger partial charge in [-0.05, 0) is 98.2 Å². The third kappa shape index (κ3) is 11.7. The molecule has 4 saturated heterocycles. The molecule has 8 fully saturated rings. The van der Waals surface area contributed by atoms with Crippen molar-refractivity contribution in [3.63, 3.8) is 0 Å². The Morgan fingerprint density at radius 3 is 2.10 bits per heavy atom. The fourth-order valence-electron chi connectivity index (χ4n) is 17.2. The number of nitrogens with one attached hydrogen (secondary N) is 1. The van der Waals surface area contributed by atoms with E-state index in [0.717, 1.165) is 5.69 Å². The van der Waals surface area contributed by atoms with Crippen molar-refractivity contribution in [2.45, 2.75) is 236 Å². The summed E-state index contributed by atoms with van der Waals surface area (Å²) in [4.78, 5) is 55.2. The minimum Gasteiger partial charge on any atom is -0.480 e. The number of fused-ring (bicyclic) bond motifs is 7. The fraction of sp³-hybridized carbons (Fsp3) is 0.850. The molecule has 0 radical (unpaired) electrons. The highest BCUT2D eigenvalue weighted by Crippen LogP contribution is 2.77. The van der Waals surface area contributed by atoms with Gasteiger partial charge in [0.15, 0.2) is 25.0 Å². The zero-order valence-corrected chi connectivity index (χ0v) is 51.3. The van der Waals surface area contributed by atoms with E-state index in [4.69, 9.17) is 53.5 Å². The van der Waals surface area contributed by atoms with E-state index in [9.17, 15) is 75.3 Å². The van der Waals surface area contributed by atoms with E-state index in [0.29, 0.717) is 44.9 Å². The second kappa shape index (κ2) is 25.5. The number of H-pyrrole nitrogens is 1. The van der Waals surface area contributed by atoms with E-state index in [-0.39, 0.29) is 42.8 Å². The second-order valence-electron chi connectivity index (χ2n) is 28.0. The molecule has 2 bridgehead atoms. The molecule has 1 aromatic rings. The maximum atomic E-state index is 13.6. The maximum Gasteiger partial charge on any atom is 0.335 e. The van der Waals surface area contributed by atoms with Crippen LogP contribution in [0.2, 0.25) is 0 Å². The normalized spacial score (nSPS) is 46.8. The van der Waals surface area contributed by atoms with Crippen LogP contribution < -0.4 is 5.73 Å². The Balaban J connectivity index is 0.000000756. The van der Waals surface area contributed by atoms with Crippen molar-refractivity contribution in [3.05, 3.63) is 29.9 Å². The van der Waals surface area contributed by atoms with Crippen molar-refractivity contribution in [1.82, 2.24) is 9.97 Å². The molecule has 4 saturated carbocycles. The van der Waals surface area contributed by atoms with Crippen LogP contribution in [0.5, 0.6) is 0 Å². The summed E-state index contributed by atoms with van der Waals surface area (Å²) in [6.07, 6.45) is -19.5. The van der Waals surface area contributed by atoms with Gasteiger partial charge in [-0.25, -0.2) is 9.78 Å². The first kappa shape index (κ1) is 68.5. The Kier molecular flexibility index (Phi) is 19.9. The Hall–Kier alpha value is -3.89. The van der Waals surface area contributed by atoms with Gasteiger partial charge in [-0.1, -0.05) is 53.2 Å². The number of ether oxygens (including phenoxy) is 9. The highest BCUT2D eigenvalue weighted by atomic mass is 16.8. The first-order valence-electron chi connectivity index (χ1n) is 30.6. The summed E-state index contributed by atoms with van der Waals surface area (Å²) in [5, 5.41) is 129. The molecule has 10 rings (SSSR count). The highest BCUT2D eigenvalue weighted by molar-refractivity contribution is 5.74. The smallest absolute Gasteiger partial charge is 0.335 e. The Bertz CT molecular complexity index is 2690.